The largest absolute Gasteiger partial charge is 0.302 e. The highest BCUT2D eigenvalue weighted by Crippen LogP contribution is 2.40. The smallest absolute Gasteiger partial charge is 0.186 e. The van der Waals surface area contributed by atoms with Crippen LogP contribution in [0.4, 0.5) is 0 Å². The van der Waals surface area contributed by atoms with E-state index in [-0.39, 0.29) is 10.5 Å². The fraction of sp³-hybridized carbons (Fsp3) is 0.0769. The zero-order chi connectivity index (χ0) is 13.1. The molecule has 2 rings (SSSR count). The summed E-state index contributed by atoms with van der Waals surface area (Å²) in [5, 5.41) is 17.7. The lowest BCUT2D eigenvalue weighted by Crippen LogP contribution is -1.95. The first kappa shape index (κ1) is 12.3. The second kappa shape index (κ2) is 4.97. The molecule has 0 fully saturated rings. The maximum atomic E-state index is 11.3. The second-order valence-electron chi connectivity index (χ2n) is 3.69. The van der Waals surface area contributed by atoms with E-state index in [4.69, 9.17) is 10.5 Å². The molecular weight excluding hydrogens is 248 g/mol. The second-order valence-corrected chi connectivity index (χ2v) is 4.62. The summed E-state index contributed by atoms with van der Waals surface area (Å²) >= 11 is -2.10. The van der Waals surface area contributed by atoms with Gasteiger partial charge in [-0.05, 0) is 11.1 Å². The number of rotatable bonds is 2. The Morgan fingerprint density at radius 1 is 1.39 bits per heavy atom. The third-order valence-corrected chi connectivity index (χ3v) is 3.48. The normalized spacial score (nSPS) is 19.4. The van der Waals surface area contributed by atoms with Crippen LogP contribution in [0.15, 0.2) is 42.0 Å². The fourth-order valence-corrected chi connectivity index (χ4v) is 2.62. The third-order valence-electron chi connectivity index (χ3n) is 2.75. The van der Waals surface area contributed by atoms with E-state index in [1.807, 2.05) is 12.1 Å². The van der Waals surface area contributed by atoms with E-state index in [2.05, 4.69) is 0 Å². The first-order chi connectivity index (χ1) is 8.69. The zero-order valence-electron chi connectivity index (χ0n) is 9.20. The van der Waals surface area contributed by atoms with Crippen molar-refractivity contribution < 1.29 is 8.76 Å². The molecule has 1 aliphatic rings. The van der Waals surface area contributed by atoms with Crippen molar-refractivity contribution in [3.05, 3.63) is 53.1 Å². The van der Waals surface area contributed by atoms with Crippen LogP contribution in [0.2, 0.25) is 0 Å². The Morgan fingerprint density at radius 3 is 2.72 bits per heavy atom. The van der Waals surface area contributed by atoms with E-state index in [1.54, 1.807) is 30.3 Å². The molecule has 1 aromatic carbocycles. The molecule has 2 unspecified atom stereocenters. The van der Waals surface area contributed by atoms with Crippen LogP contribution in [0.25, 0.3) is 4.91 Å². The van der Waals surface area contributed by atoms with Crippen molar-refractivity contribution in [3.63, 3.8) is 0 Å². The average molecular weight is 256 g/mol. The first-order valence-corrected chi connectivity index (χ1v) is 6.21. The molecule has 0 radical (unpaired) electrons. The quantitative estimate of drug-likeness (QED) is 0.650. The molecular formula is C13H8N2O2S. The Morgan fingerprint density at radius 2 is 2.11 bits per heavy atom. The van der Waals surface area contributed by atoms with E-state index in [1.165, 1.54) is 6.08 Å². The molecule has 0 amide bonds. The monoisotopic (exact) mass is 256 g/mol. The highest BCUT2D eigenvalue weighted by atomic mass is 32.2. The highest BCUT2D eigenvalue weighted by molar-refractivity contribution is 7.89. The van der Waals surface area contributed by atoms with Crippen molar-refractivity contribution in [3.8, 4) is 12.1 Å². The SMILES string of the molecule is N#CC=C(C#N)C1C=C(S(=O)O)c2ccccc21. The number of nitriles is 2. The Hall–Kier alpha value is -2.21. The van der Waals surface area contributed by atoms with E-state index < -0.39 is 17.0 Å². The maximum Gasteiger partial charge on any atom is 0.186 e. The van der Waals surface area contributed by atoms with Gasteiger partial charge in [0, 0.05) is 12.0 Å². The average Bonchev–Trinajstić information content (AvgIpc) is 2.75. The van der Waals surface area contributed by atoms with Crippen LogP contribution >= 0.6 is 0 Å². The van der Waals surface area contributed by atoms with Gasteiger partial charge in [-0.1, -0.05) is 30.3 Å². The fourth-order valence-electron chi connectivity index (χ4n) is 1.99. The minimum absolute atomic E-state index is 0.269. The molecule has 88 valence electrons. The molecule has 0 aromatic heterocycles. The lowest BCUT2D eigenvalue weighted by molar-refractivity contribution is 0.575. The van der Waals surface area contributed by atoms with Gasteiger partial charge in [-0.2, -0.15) is 10.5 Å². The molecule has 0 spiro atoms. The van der Waals surface area contributed by atoms with Crippen molar-refractivity contribution in [2.45, 2.75) is 5.92 Å². The van der Waals surface area contributed by atoms with Crippen LogP contribution in [-0.4, -0.2) is 8.76 Å². The van der Waals surface area contributed by atoms with E-state index in [0.717, 1.165) is 5.56 Å². The minimum Gasteiger partial charge on any atom is -0.302 e. The van der Waals surface area contributed by atoms with Crippen molar-refractivity contribution in [1.29, 1.82) is 10.5 Å². The van der Waals surface area contributed by atoms with Gasteiger partial charge in [0.15, 0.2) is 11.1 Å². The first-order valence-electron chi connectivity index (χ1n) is 5.10. The topological polar surface area (TPSA) is 84.9 Å². The highest BCUT2D eigenvalue weighted by Gasteiger charge is 2.28. The maximum absolute atomic E-state index is 11.3. The number of nitrogens with zero attached hydrogens (tertiary/aromatic N) is 2. The summed E-state index contributed by atoms with van der Waals surface area (Å²) in [6.45, 7) is 0. The molecule has 5 heteroatoms. The number of hydrogen-bond acceptors (Lipinski definition) is 3. The summed E-state index contributed by atoms with van der Waals surface area (Å²) in [5.41, 5.74) is 1.70. The van der Waals surface area contributed by atoms with Crippen molar-refractivity contribution in [2.75, 3.05) is 0 Å². The molecule has 1 N–H and O–H groups in total. The summed E-state index contributed by atoms with van der Waals surface area (Å²) in [6.07, 6.45) is 2.73. The van der Waals surface area contributed by atoms with Gasteiger partial charge in [-0.3, -0.25) is 0 Å². The summed E-state index contributed by atoms with van der Waals surface area (Å²) < 4.78 is 20.5. The van der Waals surface area contributed by atoms with Crippen LogP contribution in [-0.2, 0) is 11.1 Å². The van der Waals surface area contributed by atoms with Gasteiger partial charge in [-0.15, -0.1) is 0 Å². The number of benzene rings is 1. The van der Waals surface area contributed by atoms with Crippen molar-refractivity contribution in [2.24, 2.45) is 0 Å². The molecule has 0 aliphatic heterocycles. The predicted molar refractivity (Wildman–Crippen MR) is 67.2 cm³/mol. The van der Waals surface area contributed by atoms with Crippen LogP contribution in [0.5, 0.6) is 0 Å². The van der Waals surface area contributed by atoms with Crippen molar-refractivity contribution in [1.82, 2.24) is 0 Å². The summed E-state index contributed by atoms with van der Waals surface area (Å²) in [6, 6.07) is 10.9. The van der Waals surface area contributed by atoms with Gasteiger partial charge in [0.2, 0.25) is 0 Å². The molecule has 18 heavy (non-hydrogen) atoms. The molecule has 1 aromatic rings. The molecule has 0 saturated carbocycles. The third kappa shape index (κ3) is 1.98. The standard InChI is InChI=1S/C13H8N2O2S/c14-6-5-9(8-15)12-7-13(18(16)17)11-4-2-1-3-10(11)12/h1-5,7,12H,(H,16,17). The molecule has 0 saturated heterocycles. The van der Waals surface area contributed by atoms with Crippen LogP contribution in [0.3, 0.4) is 0 Å². The van der Waals surface area contributed by atoms with Crippen LogP contribution < -0.4 is 0 Å². The summed E-state index contributed by atoms with van der Waals surface area (Å²) in [4.78, 5) is 0.287. The van der Waals surface area contributed by atoms with Gasteiger partial charge >= 0.3 is 0 Å². The molecule has 4 nitrogen and oxygen atoms in total. The summed E-state index contributed by atoms with van der Waals surface area (Å²) in [7, 11) is 0. The summed E-state index contributed by atoms with van der Waals surface area (Å²) in [5.74, 6) is -0.419. The van der Waals surface area contributed by atoms with Crippen molar-refractivity contribution >= 4 is 16.0 Å². The van der Waals surface area contributed by atoms with Crippen LogP contribution in [0, 0.1) is 22.7 Å². The van der Waals surface area contributed by atoms with Gasteiger partial charge in [0.05, 0.1) is 22.6 Å². The Labute approximate surface area is 107 Å². The number of allylic oxidation sites excluding steroid dienone is 3. The Balaban J connectivity index is 2.60. The van der Waals surface area contributed by atoms with Gasteiger partial charge < -0.3 is 4.55 Å². The lowest BCUT2D eigenvalue weighted by Gasteiger charge is -2.07. The van der Waals surface area contributed by atoms with E-state index in [9.17, 15) is 8.76 Å². The molecule has 2 atom stereocenters. The molecule has 0 bridgehead atoms. The lowest BCUT2D eigenvalue weighted by atomic mass is 9.93. The molecule has 1 aliphatic carbocycles. The number of hydrogen-bond donors (Lipinski definition) is 1. The Kier molecular flexibility index (Phi) is 3.38. The predicted octanol–water partition coefficient (Wildman–Crippen LogP) is 2.32. The Bertz CT molecular complexity index is 662. The number of fused-ring (bicyclic) bond motifs is 1. The van der Waals surface area contributed by atoms with Crippen LogP contribution in [0.1, 0.15) is 17.0 Å². The zero-order valence-corrected chi connectivity index (χ0v) is 10.0. The van der Waals surface area contributed by atoms with Gasteiger partial charge in [0.25, 0.3) is 0 Å². The van der Waals surface area contributed by atoms with E-state index in [0.29, 0.717) is 5.56 Å². The van der Waals surface area contributed by atoms with Gasteiger partial charge in [-0.25, -0.2) is 4.21 Å². The molecule has 0 heterocycles. The minimum atomic E-state index is -2.10. The van der Waals surface area contributed by atoms with Gasteiger partial charge in [0.1, 0.15) is 0 Å². The van der Waals surface area contributed by atoms with E-state index >= 15 is 0 Å².